The van der Waals surface area contributed by atoms with Gasteiger partial charge in [-0.3, -0.25) is 4.79 Å². The average molecular weight is 250 g/mol. The lowest BCUT2D eigenvalue weighted by Gasteiger charge is -2.06. The van der Waals surface area contributed by atoms with Crippen molar-refractivity contribution in [1.29, 1.82) is 0 Å². The van der Waals surface area contributed by atoms with Crippen LogP contribution < -0.4 is 10.6 Å². The van der Waals surface area contributed by atoms with Crippen molar-refractivity contribution < 1.29 is 9.18 Å². The minimum Gasteiger partial charge on any atom is -0.356 e. The van der Waals surface area contributed by atoms with Crippen molar-refractivity contribution in [2.75, 3.05) is 19.6 Å². The van der Waals surface area contributed by atoms with Crippen LogP contribution in [0.3, 0.4) is 0 Å². The molecule has 0 aliphatic carbocycles. The van der Waals surface area contributed by atoms with Gasteiger partial charge in [-0.1, -0.05) is 24.3 Å². The van der Waals surface area contributed by atoms with Gasteiger partial charge < -0.3 is 10.6 Å². The standard InChI is InChI=1S/C14H19FN2O/c1-2-9-16-10-8-14(18)17-11-7-12-5-3-4-6-13(12)15/h2-6,16H,1,7-11H2,(H,17,18). The van der Waals surface area contributed by atoms with Gasteiger partial charge >= 0.3 is 0 Å². The predicted octanol–water partition coefficient (Wildman–Crippen LogP) is 1.65. The van der Waals surface area contributed by atoms with Gasteiger partial charge in [-0.2, -0.15) is 0 Å². The second-order valence-electron chi connectivity index (χ2n) is 3.93. The molecule has 0 heterocycles. The normalized spacial score (nSPS) is 10.1. The highest BCUT2D eigenvalue weighted by Gasteiger charge is 2.02. The molecule has 0 saturated heterocycles. The molecule has 1 aromatic carbocycles. The Balaban J connectivity index is 2.16. The number of rotatable bonds is 8. The average Bonchev–Trinajstić information content (AvgIpc) is 2.37. The molecule has 2 N–H and O–H groups in total. The predicted molar refractivity (Wildman–Crippen MR) is 70.8 cm³/mol. The fourth-order valence-corrected chi connectivity index (χ4v) is 1.53. The molecule has 0 aromatic heterocycles. The maximum absolute atomic E-state index is 13.3. The highest BCUT2D eigenvalue weighted by molar-refractivity contribution is 5.76. The second kappa shape index (κ2) is 8.42. The van der Waals surface area contributed by atoms with E-state index in [0.717, 1.165) is 0 Å². The smallest absolute Gasteiger partial charge is 0.221 e. The van der Waals surface area contributed by atoms with Crippen molar-refractivity contribution in [2.24, 2.45) is 0 Å². The summed E-state index contributed by atoms with van der Waals surface area (Å²) in [6, 6.07) is 6.60. The topological polar surface area (TPSA) is 41.1 Å². The summed E-state index contributed by atoms with van der Waals surface area (Å²) in [6.07, 6.45) is 2.68. The first-order valence-corrected chi connectivity index (χ1v) is 6.05. The SMILES string of the molecule is C=CCNCCC(=O)NCCc1ccccc1F. The molecule has 0 saturated carbocycles. The molecular weight excluding hydrogens is 231 g/mol. The molecule has 98 valence electrons. The molecule has 0 unspecified atom stereocenters. The summed E-state index contributed by atoms with van der Waals surface area (Å²) >= 11 is 0. The Bertz CT molecular complexity index is 393. The van der Waals surface area contributed by atoms with Crippen molar-refractivity contribution in [3.63, 3.8) is 0 Å². The molecule has 0 aliphatic rings. The van der Waals surface area contributed by atoms with Gasteiger partial charge in [0.05, 0.1) is 0 Å². The van der Waals surface area contributed by atoms with Gasteiger partial charge in [0.2, 0.25) is 5.91 Å². The Morgan fingerprint density at radius 2 is 2.11 bits per heavy atom. The van der Waals surface area contributed by atoms with E-state index in [2.05, 4.69) is 17.2 Å². The zero-order valence-corrected chi connectivity index (χ0v) is 10.4. The van der Waals surface area contributed by atoms with Crippen LogP contribution in [0.1, 0.15) is 12.0 Å². The number of benzene rings is 1. The van der Waals surface area contributed by atoms with Gasteiger partial charge in [0.25, 0.3) is 0 Å². The monoisotopic (exact) mass is 250 g/mol. The van der Waals surface area contributed by atoms with Crippen molar-refractivity contribution in [3.8, 4) is 0 Å². The van der Waals surface area contributed by atoms with Crippen LogP contribution >= 0.6 is 0 Å². The van der Waals surface area contributed by atoms with E-state index >= 15 is 0 Å². The lowest BCUT2D eigenvalue weighted by molar-refractivity contribution is -0.120. The highest BCUT2D eigenvalue weighted by atomic mass is 19.1. The van der Waals surface area contributed by atoms with Crippen molar-refractivity contribution in [1.82, 2.24) is 10.6 Å². The van der Waals surface area contributed by atoms with Crippen LogP contribution in [0.15, 0.2) is 36.9 Å². The third kappa shape index (κ3) is 5.59. The first-order valence-electron chi connectivity index (χ1n) is 6.05. The van der Waals surface area contributed by atoms with Gasteiger partial charge in [-0.15, -0.1) is 6.58 Å². The van der Waals surface area contributed by atoms with E-state index in [1.165, 1.54) is 6.07 Å². The van der Waals surface area contributed by atoms with Crippen molar-refractivity contribution in [3.05, 3.63) is 48.3 Å². The van der Waals surface area contributed by atoms with E-state index in [-0.39, 0.29) is 11.7 Å². The van der Waals surface area contributed by atoms with Crippen molar-refractivity contribution >= 4 is 5.91 Å². The van der Waals surface area contributed by atoms with E-state index < -0.39 is 0 Å². The minimum atomic E-state index is -0.223. The molecule has 0 fully saturated rings. The second-order valence-corrected chi connectivity index (χ2v) is 3.93. The first-order chi connectivity index (χ1) is 8.74. The number of hydrogen-bond acceptors (Lipinski definition) is 2. The van der Waals surface area contributed by atoms with E-state index in [0.29, 0.717) is 38.0 Å². The Kier molecular flexibility index (Phi) is 6.72. The van der Waals surface area contributed by atoms with E-state index in [1.54, 1.807) is 24.3 Å². The summed E-state index contributed by atoms with van der Waals surface area (Å²) < 4.78 is 13.3. The largest absolute Gasteiger partial charge is 0.356 e. The Morgan fingerprint density at radius 3 is 2.83 bits per heavy atom. The summed E-state index contributed by atoms with van der Waals surface area (Å²) in [5.74, 6) is -0.248. The van der Waals surface area contributed by atoms with Crippen molar-refractivity contribution in [2.45, 2.75) is 12.8 Å². The number of hydrogen-bond donors (Lipinski definition) is 2. The molecule has 18 heavy (non-hydrogen) atoms. The van der Waals surface area contributed by atoms with Crippen LogP contribution in [0.5, 0.6) is 0 Å². The molecule has 4 heteroatoms. The quantitative estimate of drug-likeness (QED) is 0.544. The lowest BCUT2D eigenvalue weighted by atomic mass is 10.1. The summed E-state index contributed by atoms with van der Waals surface area (Å²) in [7, 11) is 0. The van der Waals surface area contributed by atoms with Crippen LogP contribution in [0.4, 0.5) is 4.39 Å². The molecule has 3 nitrogen and oxygen atoms in total. The zero-order chi connectivity index (χ0) is 13.2. The molecule has 1 aromatic rings. The van der Waals surface area contributed by atoms with Gasteiger partial charge in [-0.05, 0) is 18.1 Å². The van der Waals surface area contributed by atoms with Crippen LogP contribution in [0.25, 0.3) is 0 Å². The fraction of sp³-hybridized carbons (Fsp3) is 0.357. The highest BCUT2D eigenvalue weighted by Crippen LogP contribution is 2.05. The van der Waals surface area contributed by atoms with E-state index in [1.807, 2.05) is 0 Å². The number of carbonyl (C=O) groups is 1. The van der Waals surface area contributed by atoms with Gasteiger partial charge in [0.1, 0.15) is 5.82 Å². The minimum absolute atomic E-state index is 0.0251. The molecule has 0 spiro atoms. The zero-order valence-electron chi connectivity index (χ0n) is 10.4. The molecule has 0 radical (unpaired) electrons. The molecule has 1 rings (SSSR count). The lowest BCUT2D eigenvalue weighted by Crippen LogP contribution is -2.29. The molecule has 0 bridgehead atoms. The maximum Gasteiger partial charge on any atom is 0.221 e. The first kappa shape index (κ1) is 14.4. The Labute approximate surface area is 107 Å². The van der Waals surface area contributed by atoms with Gasteiger partial charge in [-0.25, -0.2) is 4.39 Å². The van der Waals surface area contributed by atoms with Crippen LogP contribution in [-0.4, -0.2) is 25.5 Å². The van der Waals surface area contributed by atoms with Crippen LogP contribution in [-0.2, 0) is 11.2 Å². The Hall–Kier alpha value is -1.68. The van der Waals surface area contributed by atoms with Gasteiger partial charge in [0.15, 0.2) is 0 Å². The fourth-order valence-electron chi connectivity index (χ4n) is 1.53. The summed E-state index contributed by atoms with van der Waals surface area (Å²) in [5.41, 5.74) is 0.627. The molecule has 1 amide bonds. The van der Waals surface area contributed by atoms with Crippen LogP contribution in [0.2, 0.25) is 0 Å². The third-order valence-corrected chi connectivity index (χ3v) is 2.49. The summed E-state index contributed by atoms with van der Waals surface area (Å²) in [5, 5.41) is 5.81. The number of carbonyl (C=O) groups excluding carboxylic acids is 1. The van der Waals surface area contributed by atoms with E-state index in [9.17, 15) is 9.18 Å². The van der Waals surface area contributed by atoms with Crippen LogP contribution in [0, 0.1) is 5.82 Å². The summed E-state index contributed by atoms with van der Waals surface area (Å²) in [4.78, 5) is 11.4. The maximum atomic E-state index is 13.3. The number of nitrogens with one attached hydrogen (secondary N) is 2. The molecular formula is C14H19FN2O. The summed E-state index contributed by atoms with van der Waals surface area (Å²) in [6.45, 7) is 5.35. The molecule has 0 atom stereocenters. The van der Waals surface area contributed by atoms with E-state index in [4.69, 9.17) is 0 Å². The number of halogens is 1. The van der Waals surface area contributed by atoms with Gasteiger partial charge in [0, 0.05) is 26.1 Å². The Morgan fingerprint density at radius 1 is 1.33 bits per heavy atom. The number of amides is 1. The third-order valence-electron chi connectivity index (χ3n) is 2.49. The molecule has 0 aliphatic heterocycles.